The molecule has 1 aromatic carbocycles. The number of nitrogens with zero attached hydrogens (tertiary/aromatic N) is 1. The van der Waals surface area contributed by atoms with E-state index < -0.39 is 0 Å². The third-order valence-corrected chi connectivity index (χ3v) is 3.38. The average molecular weight is 233 g/mol. The number of carbonyl (C=O) groups excluding carboxylic acids is 1. The third kappa shape index (κ3) is 2.86. The first-order valence-corrected chi connectivity index (χ1v) is 6.16. The second-order valence-corrected chi connectivity index (χ2v) is 4.67. The van der Waals surface area contributed by atoms with Crippen molar-refractivity contribution < 1.29 is 9.90 Å². The monoisotopic (exact) mass is 233 g/mol. The Bertz CT molecular complexity index is 415. The highest BCUT2D eigenvalue weighted by atomic mass is 16.3. The summed E-state index contributed by atoms with van der Waals surface area (Å²) in [6.45, 7) is 0.427. The van der Waals surface area contributed by atoms with Crippen LogP contribution in [0.25, 0.3) is 0 Å². The molecule has 0 fully saturated rings. The highest BCUT2D eigenvalue weighted by molar-refractivity contribution is 5.78. The fourth-order valence-electron chi connectivity index (χ4n) is 2.32. The number of rotatable bonds is 4. The smallest absolute Gasteiger partial charge is 0.226 e. The number of benzene rings is 1. The number of hydrogen-bond donors (Lipinski definition) is 1. The molecule has 1 amide bonds. The van der Waals surface area contributed by atoms with Crippen molar-refractivity contribution >= 4 is 5.91 Å². The van der Waals surface area contributed by atoms with E-state index in [2.05, 4.69) is 18.2 Å². The second-order valence-electron chi connectivity index (χ2n) is 4.67. The van der Waals surface area contributed by atoms with Gasteiger partial charge in [-0.1, -0.05) is 18.2 Å². The number of amides is 1. The van der Waals surface area contributed by atoms with Crippen molar-refractivity contribution in [1.82, 2.24) is 4.90 Å². The van der Waals surface area contributed by atoms with Crippen LogP contribution in [-0.4, -0.2) is 36.1 Å². The van der Waals surface area contributed by atoms with Crippen LogP contribution in [0.3, 0.4) is 0 Å². The lowest BCUT2D eigenvalue weighted by molar-refractivity contribution is -0.129. The lowest BCUT2D eigenvalue weighted by Gasteiger charge is -2.15. The van der Waals surface area contributed by atoms with Crippen molar-refractivity contribution in [2.75, 3.05) is 20.2 Å². The van der Waals surface area contributed by atoms with Gasteiger partial charge in [-0.15, -0.1) is 0 Å². The molecule has 0 radical (unpaired) electrons. The van der Waals surface area contributed by atoms with E-state index in [0.29, 0.717) is 13.0 Å². The van der Waals surface area contributed by atoms with Gasteiger partial charge in [0.1, 0.15) is 0 Å². The number of aryl methyl sites for hydroxylation is 2. The largest absolute Gasteiger partial charge is 0.395 e. The summed E-state index contributed by atoms with van der Waals surface area (Å²) in [5, 5.41) is 8.78. The Morgan fingerprint density at radius 2 is 2.12 bits per heavy atom. The molecule has 0 saturated carbocycles. The Morgan fingerprint density at radius 3 is 2.88 bits per heavy atom. The maximum absolute atomic E-state index is 11.8. The fraction of sp³-hybridized carbons (Fsp3) is 0.500. The molecule has 3 nitrogen and oxygen atoms in total. The Balaban J connectivity index is 2.01. The lowest BCUT2D eigenvalue weighted by atomic mass is 10.0. The van der Waals surface area contributed by atoms with Gasteiger partial charge in [0.05, 0.1) is 13.0 Å². The van der Waals surface area contributed by atoms with E-state index in [-0.39, 0.29) is 12.5 Å². The topological polar surface area (TPSA) is 40.5 Å². The summed E-state index contributed by atoms with van der Waals surface area (Å²) in [4.78, 5) is 13.4. The van der Waals surface area contributed by atoms with Crippen LogP contribution in [0.2, 0.25) is 0 Å². The molecule has 0 unspecified atom stereocenters. The number of carbonyl (C=O) groups is 1. The molecule has 92 valence electrons. The fourth-order valence-corrected chi connectivity index (χ4v) is 2.32. The summed E-state index contributed by atoms with van der Waals surface area (Å²) in [5.41, 5.74) is 3.92. The van der Waals surface area contributed by atoms with E-state index in [9.17, 15) is 4.79 Å². The van der Waals surface area contributed by atoms with Crippen LogP contribution in [0.4, 0.5) is 0 Å². The Hall–Kier alpha value is -1.35. The van der Waals surface area contributed by atoms with Gasteiger partial charge in [0.25, 0.3) is 0 Å². The SMILES string of the molecule is CN(CCO)C(=O)Cc1ccc2c(c1)CCC2. The molecule has 0 atom stereocenters. The summed E-state index contributed by atoms with van der Waals surface area (Å²) >= 11 is 0. The minimum Gasteiger partial charge on any atom is -0.395 e. The van der Waals surface area contributed by atoms with E-state index in [0.717, 1.165) is 12.0 Å². The number of aliphatic hydroxyl groups excluding tert-OH is 1. The van der Waals surface area contributed by atoms with Crippen molar-refractivity contribution in [3.63, 3.8) is 0 Å². The van der Waals surface area contributed by atoms with E-state index in [1.165, 1.54) is 24.0 Å². The standard InChI is InChI=1S/C14H19NO2/c1-15(7-8-16)14(17)10-11-5-6-12-3-2-4-13(12)9-11/h5-6,9,16H,2-4,7-8,10H2,1H3. The van der Waals surface area contributed by atoms with Gasteiger partial charge in [0, 0.05) is 13.6 Å². The summed E-state index contributed by atoms with van der Waals surface area (Å²) in [6, 6.07) is 6.36. The summed E-state index contributed by atoms with van der Waals surface area (Å²) in [7, 11) is 1.73. The van der Waals surface area contributed by atoms with Gasteiger partial charge in [-0.2, -0.15) is 0 Å². The summed E-state index contributed by atoms with van der Waals surface area (Å²) < 4.78 is 0. The third-order valence-electron chi connectivity index (χ3n) is 3.38. The molecule has 2 rings (SSSR count). The van der Waals surface area contributed by atoms with Crippen LogP contribution in [0.1, 0.15) is 23.1 Å². The molecule has 1 aliphatic carbocycles. The van der Waals surface area contributed by atoms with Crippen LogP contribution in [0.5, 0.6) is 0 Å². The minimum absolute atomic E-state index is 0.0203. The average Bonchev–Trinajstić information content (AvgIpc) is 2.76. The molecule has 0 heterocycles. The van der Waals surface area contributed by atoms with Gasteiger partial charge in [0.2, 0.25) is 5.91 Å². The van der Waals surface area contributed by atoms with Crippen LogP contribution < -0.4 is 0 Å². The quantitative estimate of drug-likeness (QED) is 0.848. The molecule has 0 saturated heterocycles. The molecule has 3 heteroatoms. The minimum atomic E-state index is 0.0203. The zero-order valence-electron chi connectivity index (χ0n) is 10.3. The van der Waals surface area contributed by atoms with Gasteiger partial charge < -0.3 is 10.0 Å². The highest BCUT2D eigenvalue weighted by Crippen LogP contribution is 2.23. The number of fused-ring (bicyclic) bond motifs is 1. The molecule has 0 bridgehead atoms. The Labute approximate surface area is 102 Å². The Kier molecular flexibility index (Phi) is 3.79. The van der Waals surface area contributed by atoms with E-state index in [4.69, 9.17) is 5.11 Å². The van der Waals surface area contributed by atoms with Crippen LogP contribution in [0.15, 0.2) is 18.2 Å². The van der Waals surface area contributed by atoms with Crippen molar-refractivity contribution in [3.8, 4) is 0 Å². The first kappa shape index (κ1) is 12.1. The maximum atomic E-state index is 11.8. The first-order valence-electron chi connectivity index (χ1n) is 6.16. The van der Waals surface area contributed by atoms with Crippen molar-refractivity contribution in [2.45, 2.75) is 25.7 Å². The summed E-state index contributed by atoms with van der Waals surface area (Å²) in [5.74, 6) is 0.0667. The molecule has 0 aromatic heterocycles. The van der Waals surface area contributed by atoms with Gasteiger partial charge in [-0.25, -0.2) is 0 Å². The number of aliphatic hydroxyl groups is 1. The molecule has 1 aromatic rings. The van der Waals surface area contributed by atoms with Crippen molar-refractivity contribution in [1.29, 1.82) is 0 Å². The zero-order valence-corrected chi connectivity index (χ0v) is 10.3. The van der Waals surface area contributed by atoms with Crippen LogP contribution in [-0.2, 0) is 24.1 Å². The normalized spacial score (nSPS) is 13.5. The second kappa shape index (κ2) is 5.32. The molecule has 0 spiro atoms. The van der Waals surface area contributed by atoms with Gasteiger partial charge >= 0.3 is 0 Å². The lowest BCUT2D eigenvalue weighted by Crippen LogP contribution is -2.30. The van der Waals surface area contributed by atoms with Gasteiger partial charge in [-0.05, 0) is 36.0 Å². The molecular formula is C14H19NO2. The molecule has 1 N–H and O–H groups in total. The van der Waals surface area contributed by atoms with Crippen LogP contribution in [0, 0.1) is 0 Å². The maximum Gasteiger partial charge on any atom is 0.226 e. The van der Waals surface area contributed by atoms with Crippen molar-refractivity contribution in [2.24, 2.45) is 0 Å². The molecular weight excluding hydrogens is 214 g/mol. The predicted molar refractivity (Wildman–Crippen MR) is 66.9 cm³/mol. The summed E-state index contributed by atoms with van der Waals surface area (Å²) in [6.07, 6.45) is 3.98. The highest BCUT2D eigenvalue weighted by Gasteiger charge is 2.13. The molecule has 1 aliphatic rings. The predicted octanol–water partition coefficient (Wildman–Crippen LogP) is 1.17. The number of hydrogen-bond acceptors (Lipinski definition) is 2. The van der Waals surface area contributed by atoms with Gasteiger partial charge in [-0.3, -0.25) is 4.79 Å². The Morgan fingerprint density at radius 1 is 1.35 bits per heavy atom. The number of likely N-dealkylation sites (N-methyl/N-ethyl adjacent to an activating group) is 1. The van der Waals surface area contributed by atoms with Gasteiger partial charge in [0.15, 0.2) is 0 Å². The molecule has 0 aliphatic heterocycles. The first-order chi connectivity index (χ1) is 8.20. The van der Waals surface area contributed by atoms with Crippen LogP contribution >= 0.6 is 0 Å². The van der Waals surface area contributed by atoms with E-state index >= 15 is 0 Å². The van der Waals surface area contributed by atoms with E-state index in [1.54, 1.807) is 11.9 Å². The van der Waals surface area contributed by atoms with Crippen molar-refractivity contribution in [3.05, 3.63) is 34.9 Å². The van der Waals surface area contributed by atoms with E-state index in [1.807, 2.05) is 0 Å². The zero-order chi connectivity index (χ0) is 12.3. The molecule has 17 heavy (non-hydrogen) atoms.